The van der Waals surface area contributed by atoms with Crippen LogP contribution in [0.3, 0.4) is 0 Å². The molecule has 112 valence electrons. The number of aromatic nitrogens is 3. The zero-order valence-electron chi connectivity index (χ0n) is 11.0. The maximum atomic E-state index is 13.0. The van der Waals surface area contributed by atoms with E-state index in [1.54, 1.807) is 0 Å². The number of hydrogen-bond acceptors (Lipinski definition) is 2. The van der Waals surface area contributed by atoms with Crippen molar-refractivity contribution in [1.29, 1.82) is 0 Å². The fourth-order valence-electron chi connectivity index (χ4n) is 2.07. The minimum absolute atomic E-state index is 0.0524. The lowest BCUT2D eigenvalue weighted by molar-refractivity contribution is -0.137. The number of benzene rings is 1. The van der Waals surface area contributed by atoms with Gasteiger partial charge in [-0.1, -0.05) is 0 Å². The Balaban J connectivity index is 2.03. The molecule has 0 unspecified atom stereocenters. The molecule has 2 heterocycles. The molecule has 1 aromatic carbocycles. The largest absolute Gasteiger partial charge is 0.417 e. The van der Waals surface area contributed by atoms with Gasteiger partial charge in [-0.05, 0) is 30.3 Å². The Hall–Kier alpha value is -2.70. The van der Waals surface area contributed by atoms with Crippen LogP contribution in [0.2, 0.25) is 0 Å². The lowest BCUT2D eigenvalue weighted by atomic mass is 10.1. The minimum atomic E-state index is -4.48. The van der Waals surface area contributed by atoms with Gasteiger partial charge in [0.1, 0.15) is 5.82 Å². The first kappa shape index (κ1) is 14.2. The van der Waals surface area contributed by atoms with Gasteiger partial charge in [-0.25, -0.2) is 9.07 Å². The third kappa shape index (κ3) is 2.69. The molecule has 0 bridgehead atoms. The lowest BCUT2D eigenvalue weighted by Gasteiger charge is -2.10. The highest BCUT2D eigenvalue weighted by atomic mass is 19.4. The Labute approximate surface area is 122 Å². The number of nitrogens with zero attached hydrogens (tertiary/aromatic N) is 3. The van der Waals surface area contributed by atoms with Gasteiger partial charge in [0.2, 0.25) is 0 Å². The van der Waals surface area contributed by atoms with E-state index in [9.17, 15) is 17.6 Å². The van der Waals surface area contributed by atoms with Crippen molar-refractivity contribution in [3.63, 3.8) is 0 Å². The summed E-state index contributed by atoms with van der Waals surface area (Å²) in [5.74, 6) is -0.400. The summed E-state index contributed by atoms with van der Waals surface area (Å²) in [4.78, 5) is 3.74. The molecule has 0 aliphatic carbocycles. The molecule has 0 aliphatic rings. The Morgan fingerprint density at radius 3 is 2.36 bits per heavy atom. The molecule has 0 spiro atoms. The summed E-state index contributed by atoms with van der Waals surface area (Å²) < 4.78 is 53.3. The summed E-state index contributed by atoms with van der Waals surface area (Å²) in [6, 6.07) is 6.40. The van der Waals surface area contributed by atoms with Crippen molar-refractivity contribution in [2.75, 3.05) is 0 Å². The summed E-state index contributed by atoms with van der Waals surface area (Å²) in [5.41, 5.74) is -0.000586. The quantitative estimate of drug-likeness (QED) is 0.668. The van der Waals surface area contributed by atoms with Crippen LogP contribution >= 0.6 is 0 Å². The van der Waals surface area contributed by atoms with Gasteiger partial charge >= 0.3 is 6.18 Å². The number of hydrogen-bond donors (Lipinski definition) is 0. The van der Waals surface area contributed by atoms with Gasteiger partial charge in [0.25, 0.3) is 0 Å². The van der Waals surface area contributed by atoms with Gasteiger partial charge < -0.3 is 0 Å². The van der Waals surface area contributed by atoms with Crippen molar-refractivity contribution >= 4 is 0 Å². The van der Waals surface area contributed by atoms with E-state index >= 15 is 0 Å². The van der Waals surface area contributed by atoms with Crippen molar-refractivity contribution in [1.82, 2.24) is 14.8 Å². The maximum Gasteiger partial charge on any atom is 0.417 e. The maximum absolute atomic E-state index is 13.0. The molecule has 7 heteroatoms. The van der Waals surface area contributed by atoms with E-state index in [-0.39, 0.29) is 11.1 Å². The predicted molar refractivity (Wildman–Crippen MR) is 71.8 cm³/mol. The normalized spacial score (nSPS) is 11.6. The summed E-state index contributed by atoms with van der Waals surface area (Å²) in [6.45, 7) is 0. The van der Waals surface area contributed by atoms with Gasteiger partial charge in [-0.3, -0.25) is 4.98 Å². The van der Waals surface area contributed by atoms with E-state index in [1.165, 1.54) is 41.3 Å². The zero-order chi connectivity index (χ0) is 15.7. The first-order valence-corrected chi connectivity index (χ1v) is 6.27. The second-order valence-corrected chi connectivity index (χ2v) is 4.57. The van der Waals surface area contributed by atoms with Crippen LogP contribution in [0.15, 0.2) is 55.1 Å². The van der Waals surface area contributed by atoms with E-state index in [1.807, 2.05) is 0 Å². The van der Waals surface area contributed by atoms with Gasteiger partial charge in [0.05, 0.1) is 17.4 Å². The van der Waals surface area contributed by atoms with E-state index in [4.69, 9.17) is 0 Å². The summed E-state index contributed by atoms with van der Waals surface area (Å²) >= 11 is 0. The Kier molecular flexibility index (Phi) is 3.40. The third-order valence-corrected chi connectivity index (χ3v) is 3.11. The number of rotatable bonds is 2. The predicted octanol–water partition coefficient (Wildman–Crippen LogP) is 4.09. The lowest BCUT2D eigenvalue weighted by Crippen LogP contribution is -2.07. The first-order valence-electron chi connectivity index (χ1n) is 6.27. The highest BCUT2D eigenvalue weighted by Crippen LogP contribution is 2.36. The Morgan fingerprint density at radius 1 is 0.955 bits per heavy atom. The molecule has 0 N–H and O–H groups in total. The molecule has 3 nitrogen and oxygen atoms in total. The molecule has 0 saturated carbocycles. The van der Waals surface area contributed by atoms with Gasteiger partial charge in [-0.15, -0.1) is 0 Å². The average Bonchev–Trinajstić information content (AvgIpc) is 2.97. The summed E-state index contributed by atoms with van der Waals surface area (Å²) in [6.07, 6.45) is 0.525. The van der Waals surface area contributed by atoms with Crippen LogP contribution < -0.4 is 0 Å². The molecule has 3 aromatic rings. The molecular formula is C15H9F4N3. The van der Waals surface area contributed by atoms with Crippen LogP contribution in [0.4, 0.5) is 17.6 Å². The molecule has 0 atom stereocenters. The SMILES string of the molecule is Fc1ccc(-n2cc(-c3cnccc3C(F)(F)F)cn2)cc1. The van der Waals surface area contributed by atoms with Gasteiger partial charge in [0.15, 0.2) is 0 Å². The van der Waals surface area contributed by atoms with Crippen LogP contribution in [-0.2, 0) is 6.18 Å². The molecule has 0 fully saturated rings. The van der Waals surface area contributed by atoms with Crippen molar-refractivity contribution in [3.8, 4) is 16.8 Å². The second-order valence-electron chi connectivity index (χ2n) is 4.57. The highest BCUT2D eigenvalue weighted by Gasteiger charge is 2.33. The molecule has 22 heavy (non-hydrogen) atoms. The smallest absolute Gasteiger partial charge is 0.264 e. The minimum Gasteiger partial charge on any atom is -0.264 e. The van der Waals surface area contributed by atoms with Crippen LogP contribution in [0.25, 0.3) is 16.8 Å². The van der Waals surface area contributed by atoms with Crippen molar-refractivity contribution in [2.45, 2.75) is 6.18 Å². The van der Waals surface area contributed by atoms with E-state index < -0.39 is 17.6 Å². The van der Waals surface area contributed by atoms with Crippen molar-refractivity contribution in [3.05, 3.63) is 66.5 Å². The number of alkyl halides is 3. The Bertz CT molecular complexity index is 791. The molecule has 0 radical (unpaired) electrons. The van der Waals surface area contributed by atoms with Gasteiger partial charge in [0, 0.05) is 29.7 Å². The second kappa shape index (κ2) is 5.25. The van der Waals surface area contributed by atoms with Crippen molar-refractivity contribution in [2.24, 2.45) is 0 Å². The van der Waals surface area contributed by atoms with Crippen LogP contribution in [0.1, 0.15) is 5.56 Å². The monoisotopic (exact) mass is 307 g/mol. The molecule has 0 saturated heterocycles. The van der Waals surface area contributed by atoms with Crippen LogP contribution in [0.5, 0.6) is 0 Å². The molecule has 3 rings (SSSR count). The van der Waals surface area contributed by atoms with E-state index in [2.05, 4.69) is 10.1 Å². The zero-order valence-corrected chi connectivity index (χ0v) is 11.0. The highest BCUT2D eigenvalue weighted by molar-refractivity contribution is 5.66. The van der Waals surface area contributed by atoms with Gasteiger partial charge in [-0.2, -0.15) is 18.3 Å². The number of pyridine rings is 1. The molecule has 2 aromatic heterocycles. The fraction of sp³-hybridized carbons (Fsp3) is 0.0667. The molecular weight excluding hydrogens is 298 g/mol. The topological polar surface area (TPSA) is 30.7 Å². The van der Waals surface area contributed by atoms with E-state index in [0.717, 1.165) is 18.5 Å². The molecule has 0 aliphatic heterocycles. The Morgan fingerprint density at radius 2 is 1.68 bits per heavy atom. The summed E-state index contributed by atoms with van der Waals surface area (Å²) in [7, 11) is 0. The van der Waals surface area contributed by atoms with Crippen molar-refractivity contribution < 1.29 is 17.6 Å². The standard InChI is InChI=1S/C15H9F4N3/c16-11-1-3-12(4-2-11)22-9-10(7-21-22)13-8-20-6-5-14(13)15(17,18)19/h1-9H. The van der Waals surface area contributed by atoms with E-state index in [0.29, 0.717) is 5.69 Å². The third-order valence-electron chi connectivity index (χ3n) is 3.11. The first-order chi connectivity index (χ1) is 10.4. The van der Waals surface area contributed by atoms with Crippen LogP contribution in [0, 0.1) is 5.82 Å². The number of halogens is 4. The molecule has 0 amide bonds. The average molecular weight is 307 g/mol. The van der Waals surface area contributed by atoms with Crippen LogP contribution in [-0.4, -0.2) is 14.8 Å². The summed E-state index contributed by atoms with van der Waals surface area (Å²) in [5, 5.41) is 4.01. The fourth-order valence-corrected chi connectivity index (χ4v) is 2.07.